The van der Waals surface area contributed by atoms with E-state index in [1.54, 1.807) is 0 Å². The highest BCUT2D eigenvalue weighted by atomic mass is 35.7. The Hall–Kier alpha value is -1.92. The first-order valence-corrected chi connectivity index (χ1v) is 7.47. The third-order valence-corrected chi connectivity index (χ3v) is 4.27. The second-order valence-electron chi connectivity index (χ2n) is 3.95. The summed E-state index contributed by atoms with van der Waals surface area (Å²) in [6, 6.07) is 6.97. The van der Waals surface area contributed by atoms with Gasteiger partial charge in [-0.25, -0.2) is 18.0 Å². The average Bonchev–Trinajstić information content (AvgIpc) is 2.33. The smallest absolute Gasteiger partial charge is 0.346 e. The number of hydrogen-bond donors (Lipinski definition) is 0. The Labute approximate surface area is 112 Å². The molecule has 0 saturated heterocycles. The minimum atomic E-state index is -3.97. The van der Waals surface area contributed by atoms with E-state index in [0.29, 0.717) is 0 Å². The van der Waals surface area contributed by atoms with Crippen molar-refractivity contribution in [1.29, 1.82) is 0 Å². The molecule has 96 valence electrons. The van der Waals surface area contributed by atoms with E-state index >= 15 is 0 Å². The van der Waals surface area contributed by atoms with E-state index in [9.17, 15) is 18.0 Å². The van der Waals surface area contributed by atoms with E-state index in [1.165, 1.54) is 30.3 Å². The molecular formula is C12H5ClO5S. The largest absolute Gasteiger partial charge is 0.386 e. The number of ether oxygens (including phenoxy) is 1. The minimum Gasteiger partial charge on any atom is -0.386 e. The highest BCUT2D eigenvalue weighted by molar-refractivity contribution is 8.14. The molecule has 1 aliphatic heterocycles. The fourth-order valence-corrected chi connectivity index (χ4v) is 3.19. The molecule has 2 aromatic carbocycles. The lowest BCUT2D eigenvalue weighted by Crippen LogP contribution is -2.19. The number of cyclic esters (lactones) is 2. The van der Waals surface area contributed by atoms with E-state index in [0.717, 1.165) is 0 Å². The molecule has 0 aromatic heterocycles. The maximum absolute atomic E-state index is 11.6. The van der Waals surface area contributed by atoms with E-state index < -0.39 is 21.0 Å². The summed E-state index contributed by atoms with van der Waals surface area (Å²) in [5, 5.41) is 0.487. The first-order chi connectivity index (χ1) is 8.89. The summed E-state index contributed by atoms with van der Waals surface area (Å²) < 4.78 is 27.6. The van der Waals surface area contributed by atoms with Crippen LogP contribution in [0.5, 0.6) is 0 Å². The first kappa shape index (κ1) is 12.1. The van der Waals surface area contributed by atoms with E-state index in [-0.39, 0.29) is 26.8 Å². The molecule has 0 fully saturated rings. The van der Waals surface area contributed by atoms with Gasteiger partial charge in [-0.3, -0.25) is 0 Å². The summed E-state index contributed by atoms with van der Waals surface area (Å²) in [6.45, 7) is 0. The fourth-order valence-electron chi connectivity index (χ4n) is 2.13. The van der Waals surface area contributed by atoms with E-state index in [4.69, 9.17) is 10.7 Å². The molecule has 5 nitrogen and oxygen atoms in total. The second-order valence-corrected chi connectivity index (χ2v) is 6.49. The van der Waals surface area contributed by atoms with Crippen LogP contribution in [-0.2, 0) is 13.8 Å². The Morgan fingerprint density at radius 3 is 2.21 bits per heavy atom. The zero-order chi connectivity index (χ0) is 13.8. The van der Waals surface area contributed by atoms with Gasteiger partial charge in [-0.05, 0) is 18.2 Å². The highest BCUT2D eigenvalue weighted by Crippen LogP contribution is 2.33. The summed E-state index contributed by atoms with van der Waals surface area (Å²) in [6.07, 6.45) is 0. The Balaban J connectivity index is 2.56. The van der Waals surface area contributed by atoms with E-state index in [2.05, 4.69) is 4.74 Å². The summed E-state index contributed by atoms with van der Waals surface area (Å²) in [7, 11) is 1.37. The lowest BCUT2D eigenvalue weighted by atomic mass is 9.97. The SMILES string of the molecule is O=C1OC(=O)c2ccc(S(=O)(=O)Cl)c3cccc1c23. The van der Waals surface area contributed by atoms with Gasteiger partial charge < -0.3 is 4.74 Å². The summed E-state index contributed by atoms with van der Waals surface area (Å²) in [5.74, 6) is -1.60. The second kappa shape index (κ2) is 3.79. The molecule has 0 saturated carbocycles. The van der Waals surface area contributed by atoms with Crippen molar-refractivity contribution in [2.75, 3.05) is 0 Å². The van der Waals surface area contributed by atoms with Crippen LogP contribution in [-0.4, -0.2) is 20.4 Å². The zero-order valence-electron chi connectivity index (χ0n) is 9.21. The molecule has 7 heteroatoms. The maximum Gasteiger partial charge on any atom is 0.346 e. The topological polar surface area (TPSA) is 77.5 Å². The van der Waals surface area contributed by atoms with Crippen LogP contribution in [0, 0.1) is 0 Å². The van der Waals surface area contributed by atoms with Crippen LogP contribution in [0.2, 0.25) is 0 Å². The number of carbonyl (C=O) groups is 2. The summed E-state index contributed by atoms with van der Waals surface area (Å²) in [5.41, 5.74) is 0.295. The van der Waals surface area contributed by atoms with Gasteiger partial charge in [-0.1, -0.05) is 12.1 Å². The van der Waals surface area contributed by atoms with Gasteiger partial charge in [0.1, 0.15) is 0 Å². The van der Waals surface area contributed by atoms with E-state index in [1.807, 2.05) is 0 Å². The quantitative estimate of drug-likeness (QED) is 0.457. The molecule has 0 atom stereocenters. The minimum absolute atomic E-state index is 0.141. The van der Waals surface area contributed by atoms with Crippen molar-refractivity contribution in [1.82, 2.24) is 0 Å². The van der Waals surface area contributed by atoms with Crippen LogP contribution in [0.1, 0.15) is 20.7 Å². The van der Waals surface area contributed by atoms with Crippen LogP contribution >= 0.6 is 10.7 Å². The molecule has 0 aliphatic carbocycles. The van der Waals surface area contributed by atoms with Crippen molar-refractivity contribution in [3.8, 4) is 0 Å². The van der Waals surface area contributed by atoms with Gasteiger partial charge in [0.25, 0.3) is 9.05 Å². The molecule has 0 unspecified atom stereocenters. The Morgan fingerprint density at radius 2 is 1.58 bits per heavy atom. The van der Waals surface area contributed by atoms with Gasteiger partial charge in [0.15, 0.2) is 0 Å². The zero-order valence-corrected chi connectivity index (χ0v) is 10.8. The van der Waals surface area contributed by atoms with Crippen molar-refractivity contribution in [2.24, 2.45) is 0 Å². The predicted octanol–water partition coefficient (Wildman–Crippen LogP) is 2.08. The maximum atomic E-state index is 11.6. The van der Waals surface area contributed by atoms with Crippen molar-refractivity contribution in [3.63, 3.8) is 0 Å². The number of benzene rings is 2. The summed E-state index contributed by atoms with van der Waals surface area (Å²) >= 11 is 0. The number of hydrogen-bond acceptors (Lipinski definition) is 5. The molecule has 0 radical (unpaired) electrons. The number of esters is 2. The van der Waals surface area contributed by atoms with Crippen LogP contribution in [0.25, 0.3) is 10.8 Å². The molecule has 0 N–H and O–H groups in total. The molecule has 0 amide bonds. The Kier molecular flexibility index (Phi) is 2.42. The van der Waals surface area contributed by atoms with Crippen LogP contribution in [0.4, 0.5) is 0 Å². The van der Waals surface area contributed by atoms with Gasteiger partial charge in [-0.2, -0.15) is 0 Å². The lowest BCUT2D eigenvalue weighted by Gasteiger charge is -2.16. The number of halogens is 1. The molecule has 1 heterocycles. The normalized spacial score (nSPS) is 14.6. The molecule has 2 aromatic rings. The molecule has 3 rings (SSSR count). The first-order valence-electron chi connectivity index (χ1n) is 5.16. The molecule has 19 heavy (non-hydrogen) atoms. The third-order valence-electron chi connectivity index (χ3n) is 2.89. The monoisotopic (exact) mass is 296 g/mol. The molecule has 0 spiro atoms. The van der Waals surface area contributed by atoms with Gasteiger partial charge in [0.2, 0.25) is 0 Å². The molecular weight excluding hydrogens is 292 g/mol. The van der Waals surface area contributed by atoms with Gasteiger partial charge in [-0.15, -0.1) is 0 Å². The van der Waals surface area contributed by atoms with Crippen molar-refractivity contribution in [2.45, 2.75) is 4.90 Å². The highest BCUT2D eigenvalue weighted by Gasteiger charge is 2.29. The van der Waals surface area contributed by atoms with Gasteiger partial charge in [0, 0.05) is 21.5 Å². The van der Waals surface area contributed by atoms with Gasteiger partial charge in [0.05, 0.1) is 16.0 Å². The standard InChI is InChI=1S/C12H5ClO5S/c13-19(16,17)9-5-4-8-10-6(9)2-1-3-7(10)11(14)18-12(8)15/h1-5H. The predicted molar refractivity (Wildman–Crippen MR) is 66.7 cm³/mol. The van der Waals surface area contributed by atoms with Crippen LogP contribution in [0.15, 0.2) is 35.2 Å². The third kappa shape index (κ3) is 1.72. The molecule has 0 bridgehead atoms. The number of carbonyl (C=O) groups excluding carboxylic acids is 2. The fraction of sp³-hybridized carbons (Fsp3) is 0. The van der Waals surface area contributed by atoms with Crippen molar-refractivity contribution < 1.29 is 22.7 Å². The van der Waals surface area contributed by atoms with Crippen LogP contribution in [0.3, 0.4) is 0 Å². The molecule has 1 aliphatic rings. The van der Waals surface area contributed by atoms with Crippen molar-refractivity contribution >= 4 is 42.4 Å². The average molecular weight is 297 g/mol. The number of rotatable bonds is 1. The van der Waals surface area contributed by atoms with Gasteiger partial charge >= 0.3 is 11.9 Å². The lowest BCUT2D eigenvalue weighted by molar-refractivity contribution is 0.0391. The summed E-state index contributed by atoms with van der Waals surface area (Å²) in [4.78, 5) is 23.1. The van der Waals surface area contributed by atoms with Crippen molar-refractivity contribution in [3.05, 3.63) is 41.5 Å². The Morgan fingerprint density at radius 1 is 0.947 bits per heavy atom. The Bertz CT molecular complexity index is 834. The van der Waals surface area contributed by atoms with Crippen LogP contribution < -0.4 is 0 Å².